The molecule has 6 heteroatoms. The zero-order chi connectivity index (χ0) is 23.4. The molecular formula is C27H30N6. The molecule has 3 aromatic rings. The lowest BCUT2D eigenvalue weighted by Crippen LogP contribution is -2.30. The zero-order valence-electron chi connectivity index (χ0n) is 19.5. The van der Waals surface area contributed by atoms with Gasteiger partial charge in [-0.2, -0.15) is 5.10 Å². The average molecular weight is 439 g/mol. The highest BCUT2D eigenvalue weighted by molar-refractivity contribution is 5.76. The second kappa shape index (κ2) is 9.79. The van der Waals surface area contributed by atoms with Crippen LogP contribution in [0.15, 0.2) is 71.6 Å². The molecule has 0 amide bonds. The van der Waals surface area contributed by atoms with Crippen molar-refractivity contribution < 1.29 is 0 Å². The third-order valence-corrected chi connectivity index (χ3v) is 5.85. The minimum Gasteiger partial charge on any atom is -0.387 e. The molecule has 1 aliphatic rings. The summed E-state index contributed by atoms with van der Waals surface area (Å²) in [7, 11) is 1.95. The highest BCUT2D eigenvalue weighted by Gasteiger charge is 2.16. The molecule has 0 unspecified atom stereocenters. The highest BCUT2D eigenvalue weighted by Crippen LogP contribution is 2.27. The quantitative estimate of drug-likeness (QED) is 0.571. The summed E-state index contributed by atoms with van der Waals surface area (Å²) >= 11 is 0. The van der Waals surface area contributed by atoms with Crippen LogP contribution in [0.3, 0.4) is 0 Å². The third-order valence-electron chi connectivity index (χ3n) is 5.85. The molecule has 0 atom stereocenters. The van der Waals surface area contributed by atoms with E-state index >= 15 is 0 Å². The van der Waals surface area contributed by atoms with Gasteiger partial charge in [0.2, 0.25) is 0 Å². The second-order valence-electron chi connectivity index (χ2n) is 8.09. The fourth-order valence-electron chi connectivity index (χ4n) is 4.05. The van der Waals surface area contributed by atoms with Crippen LogP contribution in [-0.2, 0) is 0 Å². The first-order chi connectivity index (χ1) is 16.0. The molecule has 0 radical (unpaired) electrons. The topological polar surface area (TPSA) is 78.5 Å². The van der Waals surface area contributed by atoms with Gasteiger partial charge in [0.25, 0.3) is 0 Å². The molecule has 1 saturated heterocycles. The maximum Gasteiger partial charge on any atom is 0.0928 e. The van der Waals surface area contributed by atoms with Gasteiger partial charge in [0.05, 0.1) is 28.6 Å². The lowest BCUT2D eigenvalue weighted by Gasteiger charge is -2.23. The summed E-state index contributed by atoms with van der Waals surface area (Å²) in [6, 6.07) is 9.91. The van der Waals surface area contributed by atoms with E-state index in [4.69, 9.17) is 4.98 Å². The Bertz CT molecular complexity index is 1360. The van der Waals surface area contributed by atoms with Crippen LogP contribution in [0.4, 0.5) is 0 Å². The van der Waals surface area contributed by atoms with Gasteiger partial charge < -0.3 is 10.6 Å². The van der Waals surface area contributed by atoms with Crippen LogP contribution in [0.1, 0.15) is 19.0 Å². The summed E-state index contributed by atoms with van der Waals surface area (Å²) in [5, 5.41) is 15.8. The molecule has 0 aromatic carbocycles. The number of aryl methyl sites for hydroxylation is 1. The fraction of sp³-hybridized carbons (Fsp3) is 0.222. The number of nitrogens with one attached hydrogen (secondary N) is 3. The number of rotatable bonds is 5. The van der Waals surface area contributed by atoms with Crippen molar-refractivity contribution in [3.05, 3.63) is 87.9 Å². The van der Waals surface area contributed by atoms with Crippen LogP contribution in [0, 0.1) is 6.92 Å². The van der Waals surface area contributed by atoms with Crippen LogP contribution in [0.25, 0.3) is 35.3 Å². The van der Waals surface area contributed by atoms with Gasteiger partial charge in [-0.05, 0) is 73.0 Å². The number of aromatic nitrogens is 4. The SMILES string of the molecule is C=C1CCNC\C1=C(NC)/C(=C/C)/C=c1/nc(-c2cn[nH]c2-c2cccc(C)n2)ccc1=C. The molecule has 33 heavy (non-hydrogen) atoms. The Morgan fingerprint density at radius 3 is 2.70 bits per heavy atom. The summed E-state index contributed by atoms with van der Waals surface area (Å²) in [5.74, 6) is 0. The van der Waals surface area contributed by atoms with Crippen molar-refractivity contribution in [2.75, 3.05) is 20.1 Å². The van der Waals surface area contributed by atoms with E-state index in [1.807, 2.05) is 51.2 Å². The van der Waals surface area contributed by atoms with Gasteiger partial charge in [-0.15, -0.1) is 0 Å². The molecule has 1 aliphatic heterocycles. The Balaban J connectivity index is 1.80. The monoisotopic (exact) mass is 438 g/mol. The Hall–Kier alpha value is -3.77. The minimum absolute atomic E-state index is 0.798. The van der Waals surface area contributed by atoms with E-state index in [9.17, 15) is 0 Å². The molecular weight excluding hydrogens is 408 g/mol. The summed E-state index contributed by atoms with van der Waals surface area (Å²) < 4.78 is 0. The van der Waals surface area contributed by atoms with E-state index in [2.05, 4.69) is 51.1 Å². The number of pyridine rings is 2. The van der Waals surface area contributed by atoms with Crippen molar-refractivity contribution in [3.8, 4) is 22.6 Å². The standard InChI is InChI=1S/C27H30N6/c1-6-20(26(28-5)21-15-29-13-12-17(21)2)14-25-18(3)10-11-23(32-25)22-16-30-33-27(22)24-9-7-8-19(4)31-24/h6-11,14,16,28-29H,2-3,12-13,15H2,1,4-5H3,(H,30,33)/b20-6+,25-14+,26-21-. The molecule has 1 fully saturated rings. The number of H-pyrrole nitrogens is 1. The van der Waals surface area contributed by atoms with Crippen LogP contribution in [-0.4, -0.2) is 40.3 Å². The van der Waals surface area contributed by atoms with Crippen LogP contribution < -0.4 is 21.2 Å². The molecule has 4 heterocycles. The lowest BCUT2D eigenvalue weighted by atomic mass is 9.95. The van der Waals surface area contributed by atoms with Gasteiger partial charge in [-0.25, -0.2) is 4.98 Å². The molecule has 6 nitrogen and oxygen atoms in total. The number of aromatic amines is 1. The molecule has 168 valence electrons. The first kappa shape index (κ1) is 22.4. The Morgan fingerprint density at radius 1 is 1.12 bits per heavy atom. The van der Waals surface area contributed by atoms with Gasteiger partial charge in [-0.1, -0.05) is 31.4 Å². The molecule has 4 rings (SSSR count). The van der Waals surface area contributed by atoms with Crippen molar-refractivity contribution in [2.24, 2.45) is 0 Å². The van der Waals surface area contributed by atoms with Crippen molar-refractivity contribution in [2.45, 2.75) is 20.3 Å². The van der Waals surface area contributed by atoms with Gasteiger partial charge in [0.15, 0.2) is 0 Å². The van der Waals surface area contributed by atoms with Gasteiger partial charge in [-0.3, -0.25) is 10.1 Å². The smallest absolute Gasteiger partial charge is 0.0928 e. The third kappa shape index (κ3) is 4.71. The van der Waals surface area contributed by atoms with E-state index in [1.54, 1.807) is 6.20 Å². The van der Waals surface area contributed by atoms with E-state index in [0.717, 1.165) is 75.3 Å². The van der Waals surface area contributed by atoms with E-state index in [-0.39, 0.29) is 0 Å². The highest BCUT2D eigenvalue weighted by atomic mass is 15.1. The Labute approximate surface area is 194 Å². The molecule has 3 aromatic heterocycles. The molecule has 3 N–H and O–H groups in total. The van der Waals surface area contributed by atoms with Crippen molar-refractivity contribution in [3.63, 3.8) is 0 Å². The number of allylic oxidation sites excluding steroid dienone is 2. The Morgan fingerprint density at radius 2 is 1.97 bits per heavy atom. The molecule has 0 aliphatic carbocycles. The maximum absolute atomic E-state index is 4.96. The first-order valence-corrected chi connectivity index (χ1v) is 11.1. The number of likely N-dealkylation sites (N-methyl/N-ethyl adjacent to an activating group) is 1. The zero-order valence-corrected chi connectivity index (χ0v) is 19.5. The second-order valence-corrected chi connectivity index (χ2v) is 8.09. The van der Waals surface area contributed by atoms with Crippen LogP contribution in [0.5, 0.6) is 0 Å². The predicted octanol–water partition coefficient (Wildman–Crippen LogP) is 3.00. The molecule has 0 spiro atoms. The van der Waals surface area contributed by atoms with E-state index in [1.165, 1.54) is 5.57 Å². The summed E-state index contributed by atoms with van der Waals surface area (Å²) in [4.78, 5) is 9.60. The minimum atomic E-state index is 0.798. The van der Waals surface area contributed by atoms with Crippen molar-refractivity contribution >= 4 is 12.7 Å². The average Bonchev–Trinajstić information content (AvgIpc) is 3.31. The van der Waals surface area contributed by atoms with Gasteiger partial charge in [0, 0.05) is 30.5 Å². The van der Waals surface area contributed by atoms with Gasteiger partial charge in [0.1, 0.15) is 0 Å². The summed E-state index contributed by atoms with van der Waals surface area (Å²) in [5.41, 5.74) is 8.85. The maximum atomic E-state index is 4.96. The fourth-order valence-corrected chi connectivity index (χ4v) is 4.05. The summed E-state index contributed by atoms with van der Waals surface area (Å²) in [6.07, 6.45) is 6.91. The van der Waals surface area contributed by atoms with Crippen LogP contribution in [0.2, 0.25) is 0 Å². The van der Waals surface area contributed by atoms with Crippen molar-refractivity contribution in [1.82, 2.24) is 30.8 Å². The predicted molar refractivity (Wildman–Crippen MR) is 135 cm³/mol. The summed E-state index contributed by atoms with van der Waals surface area (Å²) in [6.45, 7) is 14.3. The number of piperidine rings is 1. The van der Waals surface area contributed by atoms with Gasteiger partial charge >= 0.3 is 0 Å². The van der Waals surface area contributed by atoms with Crippen LogP contribution >= 0.6 is 0 Å². The number of nitrogens with zero attached hydrogens (tertiary/aromatic N) is 3. The van der Waals surface area contributed by atoms with E-state index < -0.39 is 0 Å². The lowest BCUT2D eigenvalue weighted by molar-refractivity contribution is 0.675. The number of hydrogen-bond acceptors (Lipinski definition) is 5. The van der Waals surface area contributed by atoms with E-state index in [0.29, 0.717) is 0 Å². The Kier molecular flexibility index (Phi) is 6.66. The molecule has 0 bridgehead atoms. The molecule has 0 saturated carbocycles. The first-order valence-electron chi connectivity index (χ1n) is 11.1. The number of hydrogen-bond donors (Lipinski definition) is 3. The van der Waals surface area contributed by atoms with Crippen molar-refractivity contribution in [1.29, 1.82) is 0 Å². The normalized spacial score (nSPS) is 16.8. The largest absolute Gasteiger partial charge is 0.387 e.